The highest BCUT2D eigenvalue weighted by atomic mass is 32.3. The van der Waals surface area contributed by atoms with E-state index in [1.807, 2.05) is 0 Å². The van der Waals surface area contributed by atoms with Crippen molar-refractivity contribution in [2.75, 3.05) is 12.4 Å². The van der Waals surface area contributed by atoms with Crippen LogP contribution in [0.3, 0.4) is 0 Å². The maximum atomic E-state index is 10.9. The fourth-order valence-corrected chi connectivity index (χ4v) is 3.53. The molecule has 0 radical (unpaired) electrons. The van der Waals surface area contributed by atoms with Crippen molar-refractivity contribution in [1.29, 1.82) is 0 Å². The van der Waals surface area contributed by atoms with Gasteiger partial charge in [0.1, 0.15) is 0 Å². The van der Waals surface area contributed by atoms with Gasteiger partial charge in [-0.3, -0.25) is 0 Å². The molecule has 0 bridgehead atoms. The van der Waals surface area contributed by atoms with E-state index in [1.54, 1.807) is 6.92 Å². The Hall–Kier alpha value is -0.270. The standard InChI is InChI=1S/C5H12O9S3/c1-3-5-12-16(8,9)14-17(10,11)13-15(6,7)4-2/h3-5H2,1-2H3. The molecular weight excluding hydrogens is 300 g/mol. The Bertz CT molecular complexity index is 525. The molecule has 0 atom stereocenters. The largest absolute Gasteiger partial charge is 0.431 e. The van der Waals surface area contributed by atoms with Gasteiger partial charge < -0.3 is 0 Å². The molecule has 0 N–H and O–H groups in total. The van der Waals surface area contributed by atoms with Gasteiger partial charge in [-0.05, 0) is 13.3 Å². The minimum absolute atomic E-state index is 0.288. The first-order valence-corrected chi connectivity index (χ1v) is 8.57. The second-order valence-corrected chi connectivity index (χ2v) is 7.27. The summed E-state index contributed by atoms with van der Waals surface area (Å²) in [4.78, 5) is 0. The van der Waals surface area contributed by atoms with Crippen molar-refractivity contribution in [3.05, 3.63) is 0 Å². The summed E-state index contributed by atoms with van der Waals surface area (Å²) in [5.41, 5.74) is 0. The molecule has 0 aliphatic rings. The summed E-state index contributed by atoms with van der Waals surface area (Å²) in [7, 11) is -14.5. The molecule has 0 spiro atoms. The molecule has 104 valence electrons. The molecule has 0 unspecified atom stereocenters. The molecule has 0 saturated heterocycles. The van der Waals surface area contributed by atoms with Crippen molar-refractivity contribution < 1.29 is 36.7 Å². The second-order valence-electron chi connectivity index (χ2n) is 2.62. The smallest absolute Gasteiger partial charge is 0.247 e. The highest BCUT2D eigenvalue weighted by molar-refractivity contribution is 8.02. The summed E-state index contributed by atoms with van der Waals surface area (Å²) in [6.07, 6.45) is 0.288. The highest BCUT2D eigenvalue weighted by Gasteiger charge is 2.29. The van der Waals surface area contributed by atoms with Crippen LogP contribution >= 0.6 is 0 Å². The minimum Gasteiger partial charge on any atom is -0.247 e. The molecule has 12 heteroatoms. The Labute approximate surface area is 100 Å². The van der Waals surface area contributed by atoms with Crippen LogP contribution in [0.1, 0.15) is 20.3 Å². The lowest BCUT2D eigenvalue weighted by Gasteiger charge is -2.05. The maximum absolute atomic E-state index is 10.9. The Morgan fingerprint density at radius 2 is 1.35 bits per heavy atom. The summed E-state index contributed by atoms with van der Waals surface area (Å²) in [6, 6.07) is 0. The van der Waals surface area contributed by atoms with E-state index in [1.165, 1.54) is 0 Å². The van der Waals surface area contributed by atoms with Crippen LogP contribution in [0, 0.1) is 0 Å². The summed E-state index contributed by atoms with van der Waals surface area (Å²) in [6.45, 7) is 2.37. The first-order valence-electron chi connectivity index (χ1n) is 4.32. The third kappa shape index (κ3) is 7.62. The summed E-state index contributed by atoms with van der Waals surface area (Å²) in [5.74, 6) is -0.661. The van der Waals surface area contributed by atoms with Crippen molar-refractivity contribution >= 4 is 30.9 Å². The molecule has 9 nitrogen and oxygen atoms in total. The molecule has 0 aromatic heterocycles. The number of hydrogen-bond donors (Lipinski definition) is 0. The van der Waals surface area contributed by atoms with Gasteiger partial charge in [-0.25, -0.2) is 4.18 Å². The van der Waals surface area contributed by atoms with Gasteiger partial charge in [0.25, 0.3) is 10.1 Å². The van der Waals surface area contributed by atoms with Crippen LogP contribution in [0.2, 0.25) is 0 Å². The molecule has 0 heterocycles. The maximum Gasteiger partial charge on any atom is 0.431 e. The minimum atomic E-state index is -5.24. The van der Waals surface area contributed by atoms with Crippen LogP contribution < -0.4 is 0 Å². The van der Waals surface area contributed by atoms with Crippen LogP contribution in [0.15, 0.2) is 0 Å². The van der Waals surface area contributed by atoms with E-state index in [-0.39, 0.29) is 13.0 Å². The van der Waals surface area contributed by atoms with E-state index in [9.17, 15) is 25.3 Å². The van der Waals surface area contributed by atoms with E-state index in [0.29, 0.717) is 0 Å². The average molecular weight is 312 g/mol. The van der Waals surface area contributed by atoms with Gasteiger partial charge in [0.15, 0.2) is 0 Å². The van der Waals surface area contributed by atoms with Crippen LogP contribution in [0.5, 0.6) is 0 Å². The Morgan fingerprint density at radius 1 is 0.824 bits per heavy atom. The van der Waals surface area contributed by atoms with Gasteiger partial charge in [0.05, 0.1) is 12.4 Å². The Kier molecular flexibility index (Phi) is 5.96. The lowest BCUT2D eigenvalue weighted by Crippen LogP contribution is -2.22. The average Bonchev–Trinajstić information content (AvgIpc) is 2.11. The normalized spacial score (nSPS) is 13.8. The van der Waals surface area contributed by atoms with Crippen molar-refractivity contribution in [3.63, 3.8) is 0 Å². The topological polar surface area (TPSA) is 130 Å². The monoisotopic (exact) mass is 312 g/mol. The first-order chi connectivity index (χ1) is 7.54. The number of hydrogen-bond acceptors (Lipinski definition) is 9. The fraction of sp³-hybridized carbons (Fsp3) is 1.00. The molecule has 0 rings (SSSR count). The van der Waals surface area contributed by atoms with Gasteiger partial charge in [0, 0.05) is 0 Å². The fourth-order valence-electron chi connectivity index (χ4n) is 0.494. The van der Waals surface area contributed by atoms with Crippen LogP contribution in [0.4, 0.5) is 0 Å². The van der Waals surface area contributed by atoms with Crippen molar-refractivity contribution in [2.45, 2.75) is 20.3 Å². The van der Waals surface area contributed by atoms with E-state index in [0.717, 1.165) is 6.92 Å². The van der Waals surface area contributed by atoms with Gasteiger partial charge in [-0.2, -0.15) is 25.3 Å². The van der Waals surface area contributed by atoms with Crippen LogP contribution in [-0.2, 0) is 42.4 Å². The Balaban J connectivity index is 4.79. The molecule has 0 fully saturated rings. The second kappa shape index (κ2) is 6.06. The van der Waals surface area contributed by atoms with E-state index >= 15 is 0 Å². The van der Waals surface area contributed by atoms with Crippen molar-refractivity contribution in [2.24, 2.45) is 0 Å². The molecule has 0 saturated carbocycles. The van der Waals surface area contributed by atoms with Gasteiger partial charge in [-0.15, -0.1) is 3.63 Å². The molecule has 0 aliphatic carbocycles. The SMILES string of the molecule is CCCOS(=O)(=O)OS(=O)(=O)OS(=O)(=O)CC. The number of rotatable bonds is 8. The zero-order chi connectivity index (χ0) is 13.7. The molecule has 17 heavy (non-hydrogen) atoms. The Morgan fingerprint density at radius 3 is 1.76 bits per heavy atom. The third-order valence-corrected chi connectivity index (χ3v) is 5.13. The van der Waals surface area contributed by atoms with Crippen LogP contribution in [0.25, 0.3) is 0 Å². The first kappa shape index (κ1) is 16.7. The van der Waals surface area contributed by atoms with Crippen molar-refractivity contribution in [1.82, 2.24) is 0 Å². The third-order valence-electron chi connectivity index (χ3n) is 1.14. The van der Waals surface area contributed by atoms with Crippen molar-refractivity contribution in [3.8, 4) is 0 Å². The molecule has 0 aromatic rings. The van der Waals surface area contributed by atoms with Crippen LogP contribution in [-0.4, -0.2) is 37.6 Å². The van der Waals surface area contributed by atoms with Gasteiger partial charge in [0.2, 0.25) is 0 Å². The molecule has 0 aromatic carbocycles. The molecular formula is C5H12O9S3. The van der Waals surface area contributed by atoms with E-state index in [2.05, 4.69) is 11.4 Å². The van der Waals surface area contributed by atoms with E-state index < -0.39 is 36.7 Å². The van der Waals surface area contributed by atoms with Gasteiger partial charge >= 0.3 is 20.8 Å². The summed E-state index contributed by atoms with van der Waals surface area (Å²) in [5, 5.41) is 0. The zero-order valence-electron chi connectivity index (χ0n) is 9.02. The predicted octanol–water partition coefficient (Wildman–Crippen LogP) is -0.714. The lowest BCUT2D eigenvalue weighted by atomic mass is 10.5. The quantitative estimate of drug-likeness (QED) is 0.570. The highest BCUT2D eigenvalue weighted by Crippen LogP contribution is 2.09. The molecule has 0 amide bonds. The van der Waals surface area contributed by atoms with E-state index in [4.69, 9.17) is 0 Å². The predicted molar refractivity (Wildman–Crippen MR) is 55.7 cm³/mol. The molecule has 0 aliphatic heterocycles. The van der Waals surface area contributed by atoms with Gasteiger partial charge in [-0.1, -0.05) is 10.6 Å². The lowest BCUT2D eigenvalue weighted by molar-refractivity contribution is 0.266. The zero-order valence-corrected chi connectivity index (χ0v) is 11.5. The summed E-state index contributed by atoms with van der Waals surface area (Å²) >= 11 is 0. The summed E-state index contributed by atoms with van der Waals surface area (Å²) < 4.78 is 76.3.